The van der Waals surface area contributed by atoms with E-state index >= 15 is 0 Å². The molecule has 1 aromatic carbocycles. The predicted molar refractivity (Wildman–Crippen MR) is 109 cm³/mol. The summed E-state index contributed by atoms with van der Waals surface area (Å²) in [5.41, 5.74) is 3.96. The van der Waals surface area contributed by atoms with Crippen LogP contribution < -0.4 is 10.6 Å². The van der Waals surface area contributed by atoms with Crippen LogP contribution in [-0.2, 0) is 0 Å². The van der Waals surface area contributed by atoms with E-state index in [-0.39, 0.29) is 5.92 Å². The minimum absolute atomic E-state index is 0.258. The molecule has 31 heavy (non-hydrogen) atoms. The van der Waals surface area contributed by atoms with Crippen LogP contribution in [0.5, 0.6) is 0 Å². The van der Waals surface area contributed by atoms with Crippen LogP contribution in [0.2, 0.25) is 0 Å². The second-order valence-corrected chi connectivity index (χ2v) is 7.40. The molecule has 0 spiro atoms. The van der Waals surface area contributed by atoms with Gasteiger partial charge in [-0.1, -0.05) is 23.7 Å². The molecular formula is C21H20F3N5O2. The van der Waals surface area contributed by atoms with E-state index in [4.69, 9.17) is 0 Å². The largest absolute Gasteiger partial charge is 0.411 e. The Morgan fingerprint density at radius 3 is 2.74 bits per heavy atom. The first-order valence-electron chi connectivity index (χ1n) is 9.75. The number of carbonyl (C=O) groups is 1. The Balaban J connectivity index is 1.55. The predicted octanol–water partition coefficient (Wildman–Crippen LogP) is 4.66. The summed E-state index contributed by atoms with van der Waals surface area (Å²) >= 11 is 0. The lowest BCUT2D eigenvalue weighted by Gasteiger charge is -2.26. The molecule has 1 aliphatic rings. The molecule has 7 nitrogen and oxygen atoms in total. The van der Waals surface area contributed by atoms with Crippen molar-refractivity contribution in [3.05, 3.63) is 54.4 Å². The van der Waals surface area contributed by atoms with Gasteiger partial charge in [-0.05, 0) is 37.1 Å². The van der Waals surface area contributed by atoms with E-state index in [0.29, 0.717) is 17.0 Å². The molecule has 1 aliphatic carbocycles. The smallest absolute Gasteiger partial charge is 0.405 e. The van der Waals surface area contributed by atoms with Crippen molar-refractivity contribution in [2.45, 2.75) is 25.4 Å². The van der Waals surface area contributed by atoms with Gasteiger partial charge in [-0.15, -0.1) is 0 Å². The number of benzene rings is 1. The number of hydrogen-bond acceptors (Lipinski definition) is 4. The number of halogens is 3. The summed E-state index contributed by atoms with van der Waals surface area (Å²) in [5.74, 6) is 0.258. The average Bonchev–Trinajstić information content (AvgIpc) is 3.12. The van der Waals surface area contributed by atoms with Crippen molar-refractivity contribution in [2.75, 3.05) is 11.9 Å². The standard InChI is InChI=1S/C21H20F3N5O2/c22-21(23,24)12-26-20(30)27-16-6-2-5-14(9-16)17-11-25-18-10-15(7-8-29(17)18)19(28-31)13-3-1-4-13/h2,5-11,13,31H,1,3-4,12H2,(H2,26,27,30)/b28-19+. The molecule has 0 radical (unpaired) electrons. The number of nitrogens with one attached hydrogen (secondary N) is 2. The van der Waals surface area contributed by atoms with Gasteiger partial charge >= 0.3 is 12.2 Å². The van der Waals surface area contributed by atoms with Gasteiger partial charge in [-0.25, -0.2) is 9.78 Å². The van der Waals surface area contributed by atoms with Crippen LogP contribution in [-0.4, -0.2) is 39.1 Å². The number of anilines is 1. The highest BCUT2D eigenvalue weighted by Crippen LogP contribution is 2.31. The van der Waals surface area contributed by atoms with Crippen molar-refractivity contribution in [1.29, 1.82) is 0 Å². The highest BCUT2D eigenvalue weighted by molar-refractivity contribution is 6.03. The second-order valence-electron chi connectivity index (χ2n) is 7.40. The van der Waals surface area contributed by atoms with Gasteiger partial charge in [-0.2, -0.15) is 13.2 Å². The molecule has 0 bridgehead atoms. The number of carbonyl (C=O) groups excluding carboxylic acids is 1. The lowest BCUT2D eigenvalue weighted by Crippen LogP contribution is -2.36. The van der Waals surface area contributed by atoms with Crippen molar-refractivity contribution < 1.29 is 23.2 Å². The number of hydrogen-bond donors (Lipinski definition) is 3. The number of nitrogens with zero attached hydrogens (tertiary/aromatic N) is 3. The minimum atomic E-state index is -4.48. The fraction of sp³-hybridized carbons (Fsp3) is 0.286. The van der Waals surface area contributed by atoms with Crippen LogP contribution in [0.1, 0.15) is 24.8 Å². The van der Waals surface area contributed by atoms with E-state index < -0.39 is 18.8 Å². The number of imidazole rings is 1. The Morgan fingerprint density at radius 1 is 1.26 bits per heavy atom. The Hall–Kier alpha value is -3.56. The van der Waals surface area contributed by atoms with Crippen molar-refractivity contribution in [2.24, 2.45) is 11.1 Å². The maximum Gasteiger partial charge on any atom is 0.405 e. The monoisotopic (exact) mass is 431 g/mol. The summed E-state index contributed by atoms with van der Waals surface area (Å²) in [4.78, 5) is 16.1. The van der Waals surface area contributed by atoms with Gasteiger partial charge in [0.25, 0.3) is 0 Å². The van der Waals surface area contributed by atoms with Crippen molar-refractivity contribution in [1.82, 2.24) is 14.7 Å². The van der Waals surface area contributed by atoms with E-state index in [1.165, 1.54) is 0 Å². The van der Waals surface area contributed by atoms with Crippen molar-refractivity contribution in [3.8, 4) is 11.3 Å². The Bertz CT molecular complexity index is 1140. The van der Waals surface area contributed by atoms with E-state index in [9.17, 15) is 23.2 Å². The van der Waals surface area contributed by atoms with Gasteiger partial charge in [0.2, 0.25) is 0 Å². The average molecular weight is 431 g/mol. The molecule has 0 atom stereocenters. The Morgan fingerprint density at radius 2 is 2.06 bits per heavy atom. The first kappa shape index (κ1) is 20.7. The maximum absolute atomic E-state index is 12.2. The third-order valence-corrected chi connectivity index (χ3v) is 5.27. The zero-order valence-corrected chi connectivity index (χ0v) is 16.4. The van der Waals surface area contributed by atoms with Crippen LogP contribution in [0.15, 0.2) is 53.9 Å². The molecule has 10 heteroatoms. The molecule has 162 valence electrons. The summed E-state index contributed by atoms with van der Waals surface area (Å²) in [6.45, 7) is -1.41. The molecule has 2 aromatic heterocycles. The van der Waals surface area contributed by atoms with Gasteiger partial charge < -0.3 is 15.8 Å². The van der Waals surface area contributed by atoms with Crippen LogP contribution in [0.25, 0.3) is 16.9 Å². The van der Waals surface area contributed by atoms with Gasteiger partial charge in [-0.3, -0.25) is 4.40 Å². The number of pyridine rings is 1. The Labute approximate surface area is 175 Å². The molecule has 1 saturated carbocycles. The molecule has 3 aromatic rings. The summed E-state index contributed by atoms with van der Waals surface area (Å²) in [6, 6.07) is 9.51. The van der Waals surface area contributed by atoms with E-state index in [1.54, 1.807) is 29.7 Å². The number of oxime groups is 1. The highest BCUT2D eigenvalue weighted by atomic mass is 19.4. The van der Waals surface area contributed by atoms with Gasteiger partial charge in [0.05, 0.1) is 17.6 Å². The van der Waals surface area contributed by atoms with Crippen LogP contribution in [0.3, 0.4) is 0 Å². The number of urea groups is 1. The third-order valence-electron chi connectivity index (χ3n) is 5.27. The van der Waals surface area contributed by atoms with E-state index in [2.05, 4.69) is 15.5 Å². The molecule has 4 rings (SSSR count). The van der Waals surface area contributed by atoms with Crippen molar-refractivity contribution in [3.63, 3.8) is 0 Å². The molecule has 0 unspecified atom stereocenters. The lowest BCUT2D eigenvalue weighted by atomic mass is 9.79. The molecule has 3 N–H and O–H groups in total. The number of rotatable bonds is 5. The summed E-state index contributed by atoms with van der Waals surface area (Å²) in [5, 5.41) is 17.1. The minimum Gasteiger partial charge on any atom is -0.411 e. The lowest BCUT2D eigenvalue weighted by molar-refractivity contribution is -0.122. The zero-order valence-electron chi connectivity index (χ0n) is 16.4. The second kappa shape index (κ2) is 8.29. The maximum atomic E-state index is 12.2. The quantitative estimate of drug-likeness (QED) is 0.312. The van der Waals surface area contributed by atoms with Gasteiger partial charge in [0.15, 0.2) is 0 Å². The molecule has 2 amide bonds. The highest BCUT2D eigenvalue weighted by Gasteiger charge is 2.28. The van der Waals surface area contributed by atoms with Gasteiger partial charge in [0, 0.05) is 28.9 Å². The normalized spacial score (nSPS) is 15.0. The third kappa shape index (κ3) is 4.62. The fourth-order valence-electron chi connectivity index (χ4n) is 3.52. The molecule has 0 saturated heterocycles. The topological polar surface area (TPSA) is 91.0 Å². The Kier molecular flexibility index (Phi) is 5.53. The summed E-state index contributed by atoms with van der Waals surface area (Å²) in [6.07, 6.45) is 2.14. The number of amides is 2. The van der Waals surface area contributed by atoms with Gasteiger partial charge in [0.1, 0.15) is 12.2 Å². The van der Waals surface area contributed by atoms with Crippen molar-refractivity contribution >= 4 is 23.1 Å². The zero-order chi connectivity index (χ0) is 22.0. The first-order valence-corrected chi connectivity index (χ1v) is 9.75. The van der Waals surface area contributed by atoms with E-state index in [0.717, 1.165) is 36.1 Å². The molecule has 2 heterocycles. The van der Waals surface area contributed by atoms with Crippen LogP contribution in [0.4, 0.5) is 23.7 Å². The summed E-state index contributed by atoms with van der Waals surface area (Å²) < 4.78 is 38.6. The first-order chi connectivity index (χ1) is 14.8. The molecular weight excluding hydrogens is 411 g/mol. The number of fused-ring (bicyclic) bond motifs is 1. The summed E-state index contributed by atoms with van der Waals surface area (Å²) in [7, 11) is 0. The SMILES string of the molecule is O=C(NCC(F)(F)F)Nc1cccc(-c2cnc3cc(/C(=N/O)C4CCC4)ccn23)c1. The van der Waals surface area contributed by atoms with Crippen LogP contribution in [0, 0.1) is 5.92 Å². The number of aromatic nitrogens is 2. The molecule has 0 aliphatic heterocycles. The fourth-order valence-corrected chi connectivity index (χ4v) is 3.52. The van der Waals surface area contributed by atoms with Crippen LogP contribution >= 0.6 is 0 Å². The van der Waals surface area contributed by atoms with E-state index in [1.807, 2.05) is 28.8 Å². The number of alkyl halides is 3. The molecule has 1 fully saturated rings.